The molecule has 0 saturated carbocycles. The molecule has 0 bridgehead atoms. The Morgan fingerprint density at radius 1 is 0.931 bits per heavy atom. The average Bonchev–Trinajstić information content (AvgIpc) is 3.05. The molecule has 0 aliphatic carbocycles. The van der Waals surface area contributed by atoms with Crippen LogP contribution in [0.5, 0.6) is 17.2 Å². The van der Waals surface area contributed by atoms with Crippen LogP contribution in [0.15, 0.2) is 60.8 Å². The van der Waals surface area contributed by atoms with Crippen LogP contribution in [0.25, 0.3) is 0 Å². The molecule has 1 unspecified atom stereocenters. The van der Waals surface area contributed by atoms with Crippen molar-refractivity contribution in [1.29, 1.82) is 0 Å². The van der Waals surface area contributed by atoms with Crippen LogP contribution in [-0.4, -0.2) is 32.2 Å². The lowest BCUT2D eigenvalue weighted by Crippen LogP contribution is -2.32. The third-order valence-corrected chi connectivity index (χ3v) is 4.84. The summed E-state index contributed by atoms with van der Waals surface area (Å²) in [5.74, 6) is 1.82. The highest BCUT2D eigenvalue weighted by atomic mass is 16.5. The number of pyridine rings is 1. The largest absolute Gasteiger partial charge is 0.497 e. The van der Waals surface area contributed by atoms with Gasteiger partial charge in [0.1, 0.15) is 17.2 Å². The van der Waals surface area contributed by atoms with Crippen LogP contribution < -0.4 is 24.4 Å². The Morgan fingerprint density at radius 3 is 2.48 bits per heavy atom. The predicted molar refractivity (Wildman–Crippen MR) is 110 cm³/mol. The molecule has 3 aromatic rings. The van der Waals surface area contributed by atoms with Crippen LogP contribution in [0.1, 0.15) is 22.2 Å². The lowest BCUT2D eigenvalue weighted by atomic mass is 10.2. The second kappa shape index (κ2) is 7.71. The van der Waals surface area contributed by atoms with Crippen molar-refractivity contribution in [2.75, 3.05) is 31.5 Å². The zero-order valence-electron chi connectivity index (χ0n) is 16.4. The number of fused-ring (bicyclic) bond motifs is 1. The SMILES string of the molecule is COc1cccc(N2C(=O)c3cccnc3C2Nc2ccc(OC)cc2OC)c1. The Kier molecular flexibility index (Phi) is 4.95. The standard InChI is InChI=1S/C22H21N3O4/c1-27-15-7-4-6-14(12-15)25-21(20-17(22(25)26)8-5-11-23-20)24-18-10-9-16(28-2)13-19(18)29-3/h4-13,21,24H,1-3H3. The molecule has 0 fully saturated rings. The van der Waals surface area contributed by atoms with Gasteiger partial charge in [0.2, 0.25) is 0 Å². The van der Waals surface area contributed by atoms with E-state index in [0.717, 1.165) is 5.69 Å². The molecule has 0 radical (unpaired) electrons. The molecular weight excluding hydrogens is 370 g/mol. The average molecular weight is 391 g/mol. The maximum Gasteiger partial charge on any atom is 0.262 e. The van der Waals surface area contributed by atoms with Crippen molar-refractivity contribution in [3.63, 3.8) is 0 Å². The Morgan fingerprint density at radius 2 is 1.72 bits per heavy atom. The van der Waals surface area contributed by atoms with E-state index < -0.39 is 6.17 Å². The Bertz CT molecular complexity index is 1050. The number of aromatic nitrogens is 1. The Labute approximate surface area is 168 Å². The molecule has 1 aromatic heterocycles. The smallest absolute Gasteiger partial charge is 0.262 e. The van der Waals surface area contributed by atoms with Gasteiger partial charge >= 0.3 is 0 Å². The number of hydrogen-bond acceptors (Lipinski definition) is 6. The number of carbonyl (C=O) groups excluding carboxylic acids is 1. The van der Waals surface area contributed by atoms with Gasteiger partial charge in [0.25, 0.3) is 5.91 Å². The molecule has 7 heteroatoms. The minimum absolute atomic E-state index is 0.133. The van der Waals surface area contributed by atoms with Gasteiger partial charge in [-0.15, -0.1) is 0 Å². The molecule has 0 spiro atoms. The number of ether oxygens (including phenoxy) is 3. The summed E-state index contributed by atoms with van der Waals surface area (Å²) in [6.45, 7) is 0. The number of carbonyl (C=O) groups is 1. The summed E-state index contributed by atoms with van der Waals surface area (Å²) in [5.41, 5.74) is 2.63. The molecule has 29 heavy (non-hydrogen) atoms. The Balaban J connectivity index is 1.78. The van der Waals surface area contributed by atoms with Gasteiger partial charge in [-0.25, -0.2) is 0 Å². The second-order valence-electron chi connectivity index (χ2n) is 6.43. The molecule has 4 rings (SSSR count). The molecule has 1 amide bonds. The van der Waals surface area contributed by atoms with E-state index in [9.17, 15) is 4.79 Å². The minimum atomic E-state index is -0.506. The first-order valence-electron chi connectivity index (χ1n) is 9.07. The summed E-state index contributed by atoms with van der Waals surface area (Å²) in [6, 6.07) is 16.4. The maximum absolute atomic E-state index is 13.2. The van der Waals surface area contributed by atoms with E-state index in [0.29, 0.717) is 34.2 Å². The first-order valence-corrected chi connectivity index (χ1v) is 9.07. The summed E-state index contributed by atoms with van der Waals surface area (Å²) in [6.07, 6.45) is 1.18. The zero-order chi connectivity index (χ0) is 20.4. The highest BCUT2D eigenvalue weighted by Gasteiger charge is 2.39. The highest BCUT2D eigenvalue weighted by Crippen LogP contribution is 2.40. The number of benzene rings is 2. The molecule has 7 nitrogen and oxygen atoms in total. The minimum Gasteiger partial charge on any atom is -0.497 e. The maximum atomic E-state index is 13.2. The monoisotopic (exact) mass is 391 g/mol. The molecule has 1 atom stereocenters. The van der Waals surface area contributed by atoms with Gasteiger partial charge in [-0.05, 0) is 36.4 Å². The van der Waals surface area contributed by atoms with E-state index in [1.54, 1.807) is 50.6 Å². The summed E-state index contributed by atoms with van der Waals surface area (Å²) in [5, 5.41) is 3.41. The van der Waals surface area contributed by atoms with E-state index >= 15 is 0 Å². The van der Waals surface area contributed by atoms with Gasteiger partial charge in [0.15, 0.2) is 6.17 Å². The number of nitrogens with zero attached hydrogens (tertiary/aromatic N) is 2. The molecular formula is C22H21N3O4. The predicted octanol–water partition coefficient (Wildman–Crippen LogP) is 3.88. The third kappa shape index (κ3) is 3.31. The Hall–Kier alpha value is -3.74. The lowest BCUT2D eigenvalue weighted by molar-refractivity contribution is 0.0993. The molecule has 0 saturated heterocycles. The van der Waals surface area contributed by atoms with Gasteiger partial charge in [0, 0.05) is 18.3 Å². The number of anilines is 2. The van der Waals surface area contributed by atoms with E-state index in [1.807, 2.05) is 36.4 Å². The quantitative estimate of drug-likeness (QED) is 0.688. The molecule has 1 aliphatic rings. The number of methoxy groups -OCH3 is 3. The van der Waals surface area contributed by atoms with E-state index in [2.05, 4.69) is 10.3 Å². The third-order valence-electron chi connectivity index (χ3n) is 4.84. The number of hydrogen-bond donors (Lipinski definition) is 1. The molecule has 2 aromatic carbocycles. The fraction of sp³-hybridized carbons (Fsp3) is 0.182. The number of rotatable bonds is 6. The van der Waals surface area contributed by atoms with Crippen molar-refractivity contribution in [3.05, 3.63) is 72.1 Å². The first-order chi connectivity index (χ1) is 14.2. The highest BCUT2D eigenvalue weighted by molar-refractivity contribution is 6.11. The summed E-state index contributed by atoms with van der Waals surface area (Å²) < 4.78 is 16.1. The summed E-state index contributed by atoms with van der Waals surface area (Å²) >= 11 is 0. The van der Waals surface area contributed by atoms with Crippen LogP contribution in [-0.2, 0) is 0 Å². The molecule has 1 N–H and O–H groups in total. The van der Waals surface area contributed by atoms with Crippen LogP contribution in [0.2, 0.25) is 0 Å². The van der Waals surface area contributed by atoms with Crippen molar-refractivity contribution < 1.29 is 19.0 Å². The van der Waals surface area contributed by atoms with E-state index in [-0.39, 0.29) is 5.91 Å². The topological polar surface area (TPSA) is 72.9 Å². The molecule has 2 heterocycles. The number of amides is 1. The van der Waals surface area contributed by atoms with E-state index in [1.165, 1.54) is 0 Å². The van der Waals surface area contributed by atoms with Crippen LogP contribution in [0.3, 0.4) is 0 Å². The molecule has 148 valence electrons. The molecule has 1 aliphatic heterocycles. The normalized spacial score (nSPS) is 15.1. The van der Waals surface area contributed by atoms with Crippen molar-refractivity contribution in [2.24, 2.45) is 0 Å². The fourth-order valence-electron chi connectivity index (χ4n) is 3.41. The summed E-state index contributed by atoms with van der Waals surface area (Å²) in [7, 11) is 4.78. The lowest BCUT2D eigenvalue weighted by Gasteiger charge is -2.27. The van der Waals surface area contributed by atoms with E-state index in [4.69, 9.17) is 14.2 Å². The zero-order valence-corrected chi connectivity index (χ0v) is 16.4. The first kappa shape index (κ1) is 18.6. The number of nitrogens with one attached hydrogen (secondary N) is 1. The van der Waals surface area contributed by atoms with Gasteiger partial charge in [-0.1, -0.05) is 6.07 Å². The van der Waals surface area contributed by atoms with Crippen LogP contribution in [0.4, 0.5) is 11.4 Å². The van der Waals surface area contributed by atoms with Gasteiger partial charge < -0.3 is 19.5 Å². The van der Waals surface area contributed by atoms with Crippen molar-refractivity contribution in [2.45, 2.75) is 6.17 Å². The van der Waals surface area contributed by atoms with Crippen LogP contribution in [0, 0.1) is 0 Å². The van der Waals surface area contributed by atoms with Crippen molar-refractivity contribution in [1.82, 2.24) is 4.98 Å². The van der Waals surface area contributed by atoms with Gasteiger partial charge in [0.05, 0.1) is 44.0 Å². The van der Waals surface area contributed by atoms with Crippen molar-refractivity contribution >= 4 is 17.3 Å². The summed E-state index contributed by atoms with van der Waals surface area (Å²) in [4.78, 5) is 19.3. The van der Waals surface area contributed by atoms with Crippen LogP contribution >= 0.6 is 0 Å². The van der Waals surface area contributed by atoms with Gasteiger partial charge in [-0.2, -0.15) is 0 Å². The van der Waals surface area contributed by atoms with Crippen molar-refractivity contribution in [3.8, 4) is 17.2 Å². The van der Waals surface area contributed by atoms with Gasteiger partial charge in [-0.3, -0.25) is 14.7 Å². The fourth-order valence-corrected chi connectivity index (χ4v) is 3.41. The second-order valence-corrected chi connectivity index (χ2v) is 6.43.